The average Bonchev–Trinajstić information content (AvgIpc) is 3.36. The molecule has 0 amide bonds. The van der Waals surface area contributed by atoms with E-state index in [1.165, 1.54) is 7.11 Å². The monoisotopic (exact) mass is 450 g/mol. The van der Waals surface area contributed by atoms with E-state index in [0.717, 1.165) is 66.3 Å². The Morgan fingerprint density at radius 3 is 2.45 bits per heavy atom. The van der Waals surface area contributed by atoms with E-state index in [2.05, 4.69) is 28.2 Å². The number of rotatable bonds is 7. The largest absolute Gasteiger partial charge is 0.494 e. The molecule has 2 aromatic carbocycles. The Kier molecular flexibility index (Phi) is 6.08. The maximum Gasteiger partial charge on any atom is 0.165 e. The van der Waals surface area contributed by atoms with Gasteiger partial charge in [0, 0.05) is 55.4 Å². The van der Waals surface area contributed by atoms with E-state index in [9.17, 15) is 4.39 Å². The zero-order valence-electron chi connectivity index (χ0n) is 19.5. The molecule has 0 unspecified atom stereocenters. The molecule has 7 heteroatoms. The fourth-order valence-electron chi connectivity index (χ4n) is 5.19. The van der Waals surface area contributed by atoms with Gasteiger partial charge in [-0.3, -0.25) is 0 Å². The zero-order chi connectivity index (χ0) is 22.9. The van der Waals surface area contributed by atoms with Gasteiger partial charge in [0.05, 0.1) is 18.3 Å². The molecule has 3 heterocycles. The summed E-state index contributed by atoms with van der Waals surface area (Å²) in [6, 6.07) is 13.4. The molecule has 0 bridgehead atoms. The molecule has 5 rings (SSSR count). The van der Waals surface area contributed by atoms with Crippen LogP contribution in [0.15, 0.2) is 42.5 Å². The Hall–Kier alpha value is -2.90. The van der Waals surface area contributed by atoms with Gasteiger partial charge in [-0.05, 0) is 62.3 Å². The molecule has 1 N–H and O–H groups in total. The van der Waals surface area contributed by atoms with Crippen molar-refractivity contribution in [2.24, 2.45) is 11.8 Å². The van der Waals surface area contributed by atoms with Crippen molar-refractivity contribution in [3.8, 4) is 22.8 Å². The van der Waals surface area contributed by atoms with Gasteiger partial charge in [-0.15, -0.1) is 0 Å². The lowest BCUT2D eigenvalue weighted by molar-refractivity contribution is 0.318. The minimum Gasteiger partial charge on any atom is -0.494 e. The van der Waals surface area contributed by atoms with Crippen LogP contribution in [0.5, 0.6) is 11.5 Å². The molecular formula is C26H31FN4O2. The van der Waals surface area contributed by atoms with Crippen LogP contribution in [0.3, 0.4) is 0 Å². The smallest absolute Gasteiger partial charge is 0.165 e. The molecule has 2 saturated heterocycles. The highest BCUT2D eigenvalue weighted by atomic mass is 19.1. The van der Waals surface area contributed by atoms with Crippen molar-refractivity contribution in [2.45, 2.75) is 0 Å². The number of aromatic nitrogens is 1. The highest BCUT2D eigenvalue weighted by Crippen LogP contribution is 2.39. The number of ether oxygens (including phenoxy) is 2. The number of halogens is 1. The summed E-state index contributed by atoms with van der Waals surface area (Å²) in [6.45, 7) is 5.62. The highest BCUT2D eigenvalue weighted by Gasteiger charge is 2.39. The van der Waals surface area contributed by atoms with Crippen LogP contribution in [-0.4, -0.2) is 70.4 Å². The predicted octanol–water partition coefficient (Wildman–Crippen LogP) is 3.65. The molecule has 174 valence electrons. The molecule has 2 fully saturated rings. The number of hydrogen-bond acceptors (Lipinski definition) is 6. The van der Waals surface area contributed by atoms with E-state index in [4.69, 9.17) is 14.5 Å². The molecular weight excluding hydrogens is 419 g/mol. The number of likely N-dealkylation sites (tertiary alicyclic amines) is 1. The van der Waals surface area contributed by atoms with E-state index in [1.807, 2.05) is 31.3 Å². The van der Waals surface area contributed by atoms with E-state index in [-0.39, 0.29) is 11.6 Å². The fraction of sp³-hybridized carbons (Fsp3) is 0.423. The second kappa shape index (κ2) is 9.15. The summed E-state index contributed by atoms with van der Waals surface area (Å²) in [5.74, 6) is 1.99. The second-order valence-corrected chi connectivity index (χ2v) is 9.15. The van der Waals surface area contributed by atoms with Crippen LogP contribution in [0.2, 0.25) is 0 Å². The number of nitrogens with one attached hydrogen (secondary N) is 1. The number of benzene rings is 2. The number of fused-ring (bicyclic) bond motifs is 2. The SMILES string of the molecule is CNCCOc1ccc(-c2cc(N3C[C@H]4CN(C)C[C@H]4C3)c3cc(F)c(OC)cc3n2)cc1. The van der Waals surface area contributed by atoms with Crippen molar-refractivity contribution in [2.75, 3.05) is 65.4 Å². The molecule has 0 spiro atoms. The molecule has 33 heavy (non-hydrogen) atoms. The quantitative estimate of drug-likeness (QED) is 0.555. The van der Waals surface area contributed by atoms with Crippen molar-refractivity contribution in [1.29, 1.82) is 0 Å². The number of hydrogen-bond donors (Lipinski definition) is 1. The van der Waals surface area contributed by atoms with Gasteiger partial charge in [0.25, 0.3) is 0 Å². The van der Waals surface area contributed by atoms with Crippen molar-refractivity contribution in [3.63, 3.8) is 0 Å². The summed E-state index contributed by atoms with van der Waals surface area (Å²) in [5.41, 5.74) is 3.65. The first-order valence-corrected chi connectivity index (χ1v) is 11.6. The number of anilines is 1. The molecule has 0 saturated carbocycles. The van der Waals surface area contributed by atoms with E-state index in [0.29, 0.717) is 18.4 Å². The van der Waals surface area contributed by atoms with Crippen molar-refractivity contribution in [1.82, 2.24) is 15.2 Å². The summed E-state index contributed by atoms with van der Waals surface area (Å²) in [6.07, 6.45) is 0. The van der Waals surface area contributed by atoms with Crippen LogP contribution in [-0.2, 0) is 0 Å². The Balaban J connectivity index is 1.52. The van der Waals surface area contributed by atoms with Gasteiger partial charge < -0.3 is 24.6 Å². The van der Waals surface area contributed by atoms with Crippen molar-refractivity contribution in [3.05, 3.63) is 48.3 Å². The van der Waals surface area contributed by atoms with Gasteiger partial charge in [-0.25, -0.2) is 9.37 Å². The topological polar surface area (TPSA) is 49.9 Å². The summed E-state index contributed by atoms with van der Waals surface area (Å²) < 4.78 is 25.7. The van der Waals surface area contributed by atoms with Gasteiger partial charge in [0.15, 0.2) is 11.6 Å². The Morgan fingerprint density at radius 2 is 1.79 bits per heavy atom. The average molecular weight is 451 g/mol. The number of pyridine rings is 1. The maximum atomic E-state index is 14.7. The summed E-state index contributed by atoms with van der Waals surface area (Å²) in [5, 5.41) is 3.91. The molecule has 0 radical (unpaired) electrons. The van der Waals surface area contributed by atoms with Crippen LogP contribution >= 0.6 is 0 Å². The lowest BCUT2D eigenvalue weighted by Gasteiger charge is -2.24. The third kappa shape index (κ3) is 4.35. The summed E-state index contributed by atoms with van der Waals surface area (Å²) >= 11 is 0. The van der Waals surface area contributed by atoms with Crippen LogP contribution in [0, 0.1) is 17.7 Å². The van der Waals surface area contributed by atoms with Crippen LogP contribution < -0.4 is 19.7 Å². The van der Waals surface area contributed by atoms with E-state index in [1.54, 1.807) is 12.1 Å². The first kappa shape index (κ1) is 21.9. The van der Waals surface area contributed by atoms with Crippen molar-refractivity contribution < 1.29 is 13.9 Å². The summed E-state index contributed by atoms with van der Waals surface area (Å²) in [7, 11) is 5.58. The molecule has 0 aliphatic carbocycles. The normalized spacial score (nSPS) is 20.4. The van der Waals surface area contributed by atoms with E-state index >= 15 is 0 Å². The first-order chi connectivity index (χ1) is 16.1. The van der Waals surface area contributed by atoms with Gasteiger partial charge in [-0.1, -0.05) is 0 Å². The molecule has 6 nitrogen and oxygen atoms in total. The Bertz CT molecular complexity index is 1120. The van der Waals surface area contributed by atoms with Crippen LogP contribution in [0.25, 0.3) is 22.2 Å². The highest BCUT2D eigenvalue weighted by molar-refractivity contribution is 5.95. The summed E-state index contributed by atoms with van der Waals surface area (Å²) in [4.78, 5) is 9.71. The molecule has 1 aromatic heterocycles. The maximum absolute atomic E-state index is 14.7. The number of nitrogens with zero attached hydrogens (tertiary/aromatic N) is 3. The van der Waals surface area contributed by atoms with Crippen LogP contribution in [0.4, 0.5) is 10.1 Å². The molecule has 2 aliphatic rings. The third-order valence-electron chi connectivity index (χ3n) is 6.84. The lowest BCUT2D eigenvalue weighted by Crippen LogP contribution is -2.26. The third-order valence-corrected chi connectivity index (χ3v) is 6.84. The standard InChI is InChI=1S/C26H31FN4O2/c1-28-8-9-33-20-6-4-17(5-7-20)23-11-25(31-15-18-13-30(2)14-19(18)16-31)21-10-22(27)26(32-3)12-24(21)29-23/h4-7,10-12,18-19,28H,8-9,13-16H2,1-3H3/t18-,19+. The number of methoxy groups -OCH3 is 1. The zero-order valence-corrected chi connectivity index (χ0v) is 19.5. The molecule has 3 aromatic rings. The van der Waals surface area contributed by atoms with Crippen LogP contribution in [0.1, 0.15) is 0 Å². The lowest BCUT2D eigenvalue weighted by atomic mass is 10.0. The number of likely N-dealkylation sites (N-methyl/N-ethyl adjacent to an activating group) is 1. The second-order valence-electron chi connectivity index (χ2n) is 9.15. The van der Waals surface area contributed by atoms with Gasteiger partial charge >= 0.3 is 0 Å². The fourth-order valence-corrected chi connectivity index (χ4v) is 5.19. The molecule has 2 atom stereocenters. The van der Waals surface area contributed by atoms with E-state index < -0.39 is 0 Å². The Labute approximate surface area is 194 Å². The minimum atomic E-state index is -0.358. The first-order valence-electron chi connectivity index (χ1n) is 11.6. The Morgan fingerprint density at radius 1 is 1.06 bits per heavy atom. The van der Waals surface area contributed by atoms with Gasteiger partial charge in [0.2, 0.25) is 0 Å². The predicted molar refractivity (Wildman–Crippen MR) is 130 cm³/mol. The van der Waals surface area contributed by atoms with Gasteiger partial charge in [-0.2, -0.15) is 0 Å². The molecule has 2 aliphatic heterocycles. The van der Waals surface area contributed by atoms with Crippen molar-refractivity contribution >= 4 is 16.6 Å². The minimum absolute atomic E-state index is 0.214. The van der Waals surface area contributed by atoms with Gasteiger partial charge in [0.1, 0.15) is 12.4 Å².